The van der Waals surface area contributed by atoms with Crippen molar-refractivity contribution in [1.82, 2.24) is 25.0 Å². The van der Waals surface area contributed by atoms with E-state index in [1.54, 1.807) is 17.1 Å². The first-order chi connectivity index (χ1) is 11.3. The second-order valence-corrected chi connectivity index (χ2v) is 5.44. The Hall–Kier alpha value is -2.41. The van der Waals surface area contributed by atoms with Crippen LogP contribution in [-0.2, 0) is 11.3 Å². The average molecular weight is 315 g/mol. The van der Waals surface area contributed by atoms with Crippen molar-refractivity contribution in [3.8, 4) is 5.82 Å². The summed E-state index contributed by atoms with van der Waals surface area (Å²) in [6, 6.07) is 5.58. The summed E-state index contributed by atoms with van der Waals surface area (Å²) in [4.78, 5) is 18.5. The van der Waals surface area contributed by atoms with Crippen LogP contribution in [-0.4, -0.2) is 51.5 Å². The fourth-order valence-electron chi connectivity index (χ4n) is 2.60. The molecule has 7 heteroatoms. The van der Waals surface area contributed by atoms with E-state index in [9.17, 15) is 4.79 Å². The lowest BCUT2D eigenvalue weighted by Gasteiger charge is -2.32. The summed E-state index contributed by atoms with van der Waals surface area (Å²) in [5.41, 5.74) is 0.921. The largest absolute Gasteiger partial charge is 0.375 e. The van der Waals surface area contributed by atoms with Crippen molar-refractivity contribution in [2.24, 2.45) is 0 Å². The first-order valence-corrected chi connectivity index (χ1v) is 7.86. The number of amides is 2. The molecule has 1 atom stereocenters. The summed E-state index contributed by atoms with van der Waals surface area (Å²) >= 11 is 0. The highest BCUT2D eigenvalue weighted by Gasteiger charge is 2.23. The maximum atomic E-state index is 12.3. The maximum absolute atomic E-state index is 12.3. The van der Waals surface area contributed by atoms with Crippen LogP contribution in [0.3, 0.4) is 0 Å². The fourth-order valence-corrected chi connectivity index (χ4v) is 2.60. The number of nitrogens with zero attached hydrogens (tertiary/aromatic N) is 4. The molecule has 2 aromatic heterocycles. The Kier molecular flexibility index (Phi) is 4.87. The quantitative estimate of drug-likeness (QED) is 0.930. The molecular weight excluding hydrogens is 294 g/mol. The molecule has 1 N–H and O–H groups in total. The summed E-state index contributed by atoms with van der Waals surface area (Å²) in [6.45, 7) is 4.34. The Labute approximate surface area is 135 Å². The first-order valence-electron chi connectivity index (χ1n) is 7.86. The molecule has 3 heterocycles. The van der Waals surface area contributed by atoms with Crippen molar-refractivity contribution in [3.05, 3.63) is 42.4 Å². The number of urea groups is 1. The third kappa shape index (κ3) is 3.68. The second kappa shape index (κ2) is 7.23. The summed E-state index contributed by atoms with van der Waals surface area (Å²) in [5, 5.41) is 7.17. The molecule has 2 amide bonds. The number of rotatable bonds is 4. The van der Waals surface area contributed by atoms with Crippen molar-refractivity contribution < 1.29 is 9.53 Å². The van der Waals surface area contributed by atoms with Gasteiger partial charge in [0, 0.05) is 43.8 Å². The lowest BCUT2D eigenvalue weighted by molar-refractivity contribution is -0.0154. The molecule has 1 aliphatic heterocycles. The third-order valence-corrected chi connectivity index (χ3v) is 3.90. The standard InChI is InChI=1S/C16H21N5O2/c1-2-14-12-20(9-10-23-14)16(22)18-11-13-5-3-6-17-15(13)21-8-4-7-19-21/h3-8,14H,2,9-12H2,1H3,(H,18,22)/t14-/m1/s1. The van der Waals surface area contributed by atoms with Crippen molar-refractivity contribution in [2.45, 2.75) is 26.0 Å². The SMILES string of the molecule is CC[C@@H]1CN(C(=O)NCc2cccnc2-n2cccn2)CCO1. The van der Waals surface area contributed by atoms with Gasteiger partial charge in [-0.05, 0) is 18.6 Å². The fraction of sp³-hybridized carbons (Fsp3) is 0.438. The van der Waals surface area contributed by atoms with Crippen LogP contribution in [0.2, 0.25) is 0 Å². The van der Waals surface area contributed by atoms with Gasteiger partial charge in [0.1, 0.15) is 0 Å². The minimum Gasteiger partial charge on any atom is -0.375 e. The van der Waals surface area contributed by atoms with Crippen LogP contribution in [0.5, 0.6) is 0 Å². The Morgan fingerprint density at radius 2 is 2.35 bits per heavy atom. The van der Waals surface area contributed by atoms with E-state index in [0.717, 1.165) is 17.8 Å². The molecule has 122 valence electrons. The number of carbonyl (C=O) groups is 1. The van der Waals surface area contributed by atoms with Gasteiger partial charge in [-0.3, -0.25) is 0 Å². The zero-order valence-electron chi connectivity index (χ0n) is 13.2. The van der Waals surface area contributed by atoms with E-state index in [2.05, 4.69) is 22.3 Å². The van der Waals surface area contributed by atoms with Gasteiger partial charge < -0.3 is 15.0 Å². The number of ether oxygens (including phenoxy) is 1. The highest BCUT2D eigenvalue weighted by Crippen LogP contribution is 2.11. The zero-order chi connectivity index (χ0) is 16.1. The zero-order valence-corrected chi connectivity index (χ0v) is 13.2. The number of nitrogens with one attached hydrogen (secondary N) is 1. The monoisotopic (exact) mass is 315 g/mol. The predicted molar refractivity (Wildman–Crippen MR) is 85.2 cm³/mol. The van der Waals surface area contributed by atoms with Gasteiger partial charge in [0.15, 0.2) is 5.82 Å². The normalized spacial score (nSPS) is 18.0. The van der Waals surface area contributed by atoms with Gasteiger partial charge >= 0.3 is 6.03 Å². The molecule has 0 unspecified atom stereocenters. The van der Waals surface area contributed by atoms with Crippen LogP contribution < -0.4 is 5.32 Å². The molecule has 1 aliphatic rings. The van der Waals surface area contributed by atoms with Gasteiger partial charge in [0.2, 0.25) is 0 Å². The summed E-state index contributed by atoms with van der Waals surface area (Å²) in [5.74, 6) is 0.728. The topological polar surface area (TPSA) is 72.3 Å². The van der Waals surface area contributed by atoms with Crippen molar-refractivity contribution >= 4 is 6.03 Å². The van der Waals surface area contributed by atoms with E-state index >= 15 is 0 Å². The van der Waals surface area contributed by atoms with E-state index < -0.39 is 0 Å². The van der Waals surface area contributed by atoms with Gasteiger partial charge in [-0.1, -0.05) is 13.0 Å². The Morgan fingerprint density at radius 1 is 1.43 bits per heavy atom. The van der Waals surface area contributed by atoms with Gasteiger partial charge in [-0.2, -0.15) is 5.10 Å². The molecular formula is C16H21N5O2. The van der Waals surface area contributed by atoms with Crippen molar-refractivity contribution in [2.75, 3.05) is 19.7 Å². The number of hydrogen-bond donors (Lipinski definition) is 1. The van der Waals surface area contributed by atoms with E-state index in [1.807, 2.05) is 29.3 Å². The maximum Gasteiger partial charge on any atom is 0.317 e. The highest BCUT2D eigenvalue weighted by molar-refractivity contribution is 5.74. The molecule has 0 bridgehead atoms. The van der Waals surface area contributed by atoms with Crippen LogP contribution in [0.4, 0.5) is 4.79 Å². The minimum atomic E-state index is -0.0676. The molecule has 1 fully saturated rings. The highest BCUT2D eigenvalue weighted by atomic mass is 16.5. The first kappa shape index (κ1) is 15.5. The predicted octanol–water partition coefficient (Wildman–Crippen LogP) is 1.59. The third-order valence-electron chi connectivity index (χ3n) is 3.90. The lowest BCUT2D eigenvalue weighted by Crippen LogP contribution is -2.49. The number of aromatic nitrogens is 3. The van der Waals surface area contributed by atoms with Gasteiger partial charge in [-0.15, -0.1) is 0 Å². The van der Waals surface area contributed by atoms with E-state index in [4.69, 9.17) is 4.74 Å². The Bertz CT molecular complexity index is 644. The van der Waals surface area contributed by atoms with Crippen LogP contribution in [0.1, 0.15) is 18.9 Å². The Balaban J connectivity index is 1.63. The summed E-state index contributed by atoms with van der Waals surface area (Å²) in [6.07, 6.45) is 6.30. The van der Waals surface area contributed by atoms with Gasteiger partial charge in [-0.25, -0.2) is 14.5 Å². The number of morpholine rings is 1. The number of hydrogen-bond acceptors (Lipinski definition) is 4. The van der Waals surface area contributed by atoms with Crippen LogP contribution in [0, 0.1) is 0 Å². The van der Waals surface area contributed by atoms with Crippen molar-refractivity contribution in [1.29, 1.82) is 0 Å². The molecule has 1 saturated heterocycles. The van der Waals surface area contributed by atoms with Crippen LogP contribution in [0.15, 0.2) is 36.8 Å². The molecule has 0 spiro atoms. The lowest BCUT2D eigenvalue weighted by atomic mass is 10.2. The second-order valence-electron chi connectivity index (χ2n) is 5.44. The van der Waals surface area contributed by atoms with Gasteiger partial charge in [0.25, 0.3) is 0 Å². The molecule has 0 aromatic carbocycles. The minimum absolute atomic E-state index is 0.0676. The van der Waals surface area contributed by atoms with Crippen molar-refractivity contribution in [3.63, 3.8) is 0 Å². The molecule has 7 nitrogen and oxygen atoms in total. The molecule has 0 radical (unpaired) electrons. The average Bonchev–Trinajstić information content (AvgIpc) is 3.14. The number of carbonyl (C=O) groups excluding carboxylic acids is 1. The van der Waals surface area contributed by atoms with Crippen LogP contribution >= 0.6 is 0 Å². The summed E-state index contributed by atoms with van der Waals surface area (Å²) in [7, 11) is 0. The van der Waals surface area contributed by atoms with E-state index in [1.165, 1.54) is 0 Å². The molecule has 2 aromatic rings. The molecule has 0 saturated carbocycles. The van der Waals surface area contributed by atoms with E-state index in [0.29, 0.717) is 26.2 Å². The smallest absolute Gasteiger partial charge is 0.317 e. The molecule has 23 heavy (non-hydrogen) atoms. The molecule has 0 aliphatic carbocycles. The van der Waals surface area contributed by atoms with E-state index in [-0.39, 0.29) is 12.1 Å². The molecule has 3 rings (SSSR count). The summed E-state index contributed by atoms with van der Waals surface area (Å²) < 4.78 is 7.29. The Morgan fingerprint density at radius 3 is 3.13 bits per heavy atom. The van der Waals surface area contributed by atoms with Gasteiger partial charge in [0.05, 0.1) is 12.7 Å². The number of pyridine rings is 1. The van der Waals surface area contributed by atoms with Crippen LogP contribution in [0.25, 0.3) is 5.82 Å².